The number of hydrogen-bond acceptors (Lipinski definition) is 9. The van der Waals surface area contributed by atoms with Crippen molar-refractivity contribution in [3.05, 3.63) is 95.3 Å². The van der Waals surface area contributed by atoms with Gasteiger partial charge in [0.25, 0.3) is 0 Å². The van der Waals surface area contributed by atoms with E-state index in [9.17, 15) is 9.59 Å². The highest BCUT2D eigenvalue weighted by atomic mass is 16.5. The van der Waals surface area contributed by atoms with E-state index < -0.39 is 11.9 Å². The van der Waals surface area contributed by atoms with E-state index in [4.69, 9.17) is 30.5 Å². The zero-order valence-electron chi connectivity index (χ0n) is 21.4. The maximum Gasteiger partial charge on any atom is 0.373 e. The maximum absolute atomic E-state index is 12.9. The van der Waals surface area contributed by atoms with Gasteiger partial charge in [-0.05, 0) is 42.2 Å². The molecule has 38 heavy (non-hydrogen) atoms. The van der Waals surface area contributed by atoms with Gasteiger partial charge in [0.05, 0.1) is 18.5 Å². The molecular weight excluding hydrogens is 488 g/mol. The number of oxazole rings is 1. The predicted molar refractivity (Wildman–Crippen MR) is 142 cm³/mol. The first-order valence-electron chi connectivity index (χ1n) is 11.8. The lowest BCUT2D eigenvalue weighted by Crippen LogP contribution is -2.20. The third-order valence-electron chi connectivity index (χ3n) is 5.09. The van der Waals surface area contributed by atoms with Gasteiger partial charge < -0.3 is 30.5 Å². The van der Waals surface area contributed by atoms with Crippen LogP contribution in [0.15, 0.2) is 87.9 Å². The molecule has 0 saturated heterocycles. The number of aromatic carboxylic acids is 1. The maximum atomic E-state index is 12.9. The van der Waals surface area contributed by atoms with E-state index in [1.165, 1.54) is 6.08 Å². The third-order valence-corrected chi connectivity index (χ3v) is 5.09. The van der Waals surface area contributed by atoms with Crippen LogP contribution in [0.3, 0.4) is 0 Å². The first kappa shape index (κ1) is 27.7. The summed E-state index contributed by atoms with van der Waals surface area (Å²) in [5.41, 5.74) is 14.8. The van der Waals surface area contributed by atoms with Crippen LogP contribution in [0.1, 0.15) is 42.5 Å². The Kier molecular flexibility index (Phi) is 9.42. The number of allylic oxidation sites excluding steroid dienone is 1. The lowest BCUT2D eigenvalue weighted by Gasteiger charge is -2.11. The molecule has 0 aliphatic heterocycles. The second kappa shape index (κ2) is 12.9. The van der Waals surface area contributed by atoms with E-state index in [-0.39, 0.29) is 53.8 Å². The van der Waals surface area contributed by atoms with Crippen molar-refractivity contribution in [1.82, 2.24) is 4.98 Å². The van der Waals surface area contributed by atoms with Crippen LogP contribution in [-0.4, -0.2) is 34.3 Å². The summed E-state index contributed by atoms with van der Waals surface area (Å²) < 4.78 is 16.3. The summed E-state index contributed by atoms with van der Waals surface area (Å²) in [6.07, 6.45) is 2.51. The molecule has 10 nitrogen and oxygen atoms in total. The molecule has 0 unspecified atom stereocenters. The van der Waals surface area contributed by atoms with Crippen LogP contribution < -0.4 is 11.5 Å². The Morgan fingerprint density at radius 3 is 2.50 bits per heavy atom. The van der Waals surface area contributed by atoms with E-state index in [1.54, 1.807) is 31.2 Å². The highest BCUT2D eigenvalue weighted by Gasteiger charge is 2.16. The molecule has 0 atom stereocenters. The number of esters is 1. The van der Waals surface area contributed by atoms with Gasteiger partial charge >= 0.3 is 11.9 Å². The molecule has 0 saturated carbocycles. The van der Waals surface area contributed by atoms with Gasteiger partial charge in [0, 0.05) is 11.3 Å². The van der Waals surface area contributed by atoms with Crippen molar-refractivity contribution in [3.63, 3.8) is 0 Å². The van der Waals surface area contributed by atoms with Crippen LogP contribution >= 0.6 is 0 Å². The fourth-order valence-electron chi connectivity index (χ4n) is 3.10. The summed E-state index contributed by atoms with van der Waals surface area (Å²) in [6, 6.07) is 16.2. The van der Waals surface area contributed by atoms with Crippen molar-refractivity contribution in [2.24, 2.45) is 22.4 Å². The molecule has 1 aromatic heterocycles. The number of rotatable bonds is 11. The molecule has 10 heteroatoms. The summed E-state index contributed by atoms with van der Waals surface area (Å²) in [7, 11) is 0. The molecule has 5 N–H and O–H groups in total. The molecule has 0 aliphatic rings. The van der Waals surface area contributed by atoms with Crippen LogP contribution in [0, 0.1) is 5.92 Å². The number of carbonyl (C=O) groups excluding carboxylic acids is 1. The normalized spacial score (nSPS) is 12.7. The quantitative estimate of drug-likeness (QED) is 0.190. The molecule has 3 aromatic rings. The van der Waals surface area contributed by atoms with E-state index in [0.29, 0.717) is 11.1 Å². The number of hydrogen-bond donors (Lipinski definition) is 3. The van der Waals surface area contributed by atoms with Crippen molar-refractivity contribution in [2.45, 2.75) is 27.4 Å². The summed E-state index contributed by atoms with van der Waals surface area (Å²) in [5, 5.41) is 9.08. The number of ether oxygens (including phenoxy) is 2. The largest absolute Gasteiger partial charge is 0.475 e. The van der Waals surface area contributed by atoms with Crippen LogP contribution in [0.4, 0.5) is 0 Å². The van der Waals surface area contributed by atoms with Gasteiger partial charge in [-0.1, -0.05) is 56.3 Å². The smallest absolute Gasteiger partial charge is 0.373 e. The van der Waals surface area contributed by atoms with Gasteiger partial charge in [0.1, 0.15) is 6.61 Å². The standard InChI is InChI=1S/C28H30N4O6/c1-17(2)15-37-28(35)23(32-18(3)25(30)36-16-19-8-5-4-6-9-19)13-22(29)20-10-7-11-21(12-20)26-31-14-24(38-26)27(33)34/h4-14,17H,15-16,29-30H2,1-3H3,(H,33,34)/b22-13-,25-18+,32-23+. The highest BCUT2D eigenvalue weighted by Crippen LogP contribution is 2.23. The number of carboxylic acids is 1. The van der Waals surface area contributed by atoms with Gasteiger partial charge in [-0.15, -0.1) is 0 Å². The molecule has 0 fully saturated rings. The second-order valence-corrected chi connectivity index (χ2v) is 8.73. The molecule has 0 radical (unpaired) electrons. The monoisotopic (exact) mass is 518 g/mol. The van der Waals surface area contributed by atoms with Gasteiger partial charge in [-0.25, -0.2) is 19.6 Å². The Morgan fingerprint density at radius 1 is 1.11 bits per heavy atom. The molecule has 0 amide bonds. The van der Waals surface area contributed by atoms with Gasteiger partial charge in [0.2, 0.25) is 17.5 Å². The summed E-state index contributed by atoms with van der Waals surface area (Å²) in [6.45, 7) is 5.88. The average Bonchev–Trinajstić information content (AvgIpc) is 3.41. The summed E-state index contributed by atoms with van der Waals surface area (Å²) >= 11 is 0. The van der Waals surface area contributed by atoms with Crippen molar-refractivity contribution in [2.75, 3.05) is 6.61 Å². The summed E-state index contributed by atoms with van der Waals surface area (Å²) in [5.74, 6) is -1.90. The van der Waals surface area contributed by atoms with Crippen LogP contribution in [0.2, 0.25) is 0 Å². The fraction of sp³-hybridized carbons (Fsp3) is 0.214. The lowest BCUT2D eigenvalue weighted by atomic mass is 10.1. The SMILES string of the molecule is CC(/N=C(\C=C(/N)c1cccc(-c2ncc(C(=O)O)o2)c1)C(=O)OCC(C)C)=C(/N)OCc1ccccc1. The van der Waals surface area contributed by atoms with Crippen LogP contribution in [0.25, 0.3) is 17.2 Å². The van der Waals surface area contributed by atoms with E-state index in [0.717, 1.165) is 11.8 Å². The van der Waals surface area contributed by atoms with Crippen LogP contribution in [-0.2, 0) is 20.9 Å². The predicted octanol–water partition coefficient (Wildman–Crippen LogP) is 4.34. The zero-order valence-corrected chi connectivity index (χ0v) is 21.4. The fourth-order valence-corrected chi connectivity index (χ4v) is 3.10. The van der Waals surface area contributed by atoms with Crippen molar-refractivity contribution in [1.29, 1.82) is 0 Å². The molecule has 0 spiro atoms. The zero-order chi connectivity index (χ0) is 27.7. The summed E-state index contributed by atoms with van der Waals surface area (Å²) in [4.78, 5) is 32.3. The first-order chi connectivity index (χ1) is 18.1. The number of nitrogens with zero attached hydrogens (tertiary/aromatic N) is 2. The second-order valence-electron chi connectivity index (χ2n) is 8.73. The van der Waals surface area contributed by atoms with Gasteiger partial charge in [-0.3, -0.25) is 0 Å². The Morgan fingerprint density at radius 2 is 1.84 bits per heavy atom. The number of aliphatic imine (C=N–C) groups is 1. The minimum absolute atomic E-state index is 0.0510. The van der Waals surface area contributed by atoms with E-state index in [1.807, 2.05) is 44.2 Å². The molecule has 3 rings (SSSR count). The number of benzene rings is 2. The van der Waals surface area contributed by atoms with E-state index >= 15 is 0 Å². The number of carbonyl (C=O) groups is 2. The first-order valence-corrected chi connectivity index (χ1v) is 11.8. The molecule has 198 valence electrons. The number of carboxylic acid groups (broad SMARTS) is 1. The topological polar surface area (TPSA) is 163 Å². The number of nitrogens with two attached hydrogens (primary N) is 2. The lowest BCUT2D eigenvalue weighted by molar-refractivity contribution is -0.136. The van der Waals surface area contributed by atoms with Gasteiger partial charge in [-0.2, -0.15) is 0 Å². The highest BCUT2D eigenvalue weighted by molar-refractivity contribution is 6.42. The minimum Gasteiger partial charge on any atom is -0.475 e. The minimum atomic E-state index is -1.23. The third kappa shape index (κ3) is 7.82. The Bertz CT molecular complexity index is 1370. The van der Waals surface area contributed by atoms with Crippen LogP contribution in [0.5, 0.6) is 0 Å². The molecule has 1 heterocycles. The number of aromatic nitrogens is 1. The molecule has 0 bridgehead atoms. The molecule has 0 aliphatic carbocycles. The van der Waals surface area contributed by atoms with Crippen molar-refractivity contribution < 1.29 is 28.6 Å². The van der Waals surface area contributed by atoms with E-state index in [2.05, 4.69) is 9.98 Å². The van der Waals surface area contributed by atoms with Crippen molar-refractivity contribution >= 4 is 23.3 Å². The van der Waals surface area contributed by atoms with Gasteiger partial charge in [0.15, 0.2) is 5.71 Å². The molecular formula is C28H30N4O6. The Hall–Kier alpha value is -4.86. The Balaban J connectivity index is 1.90. The Labute approximate surface area is 220 Å². The average molecular weight is 519 g/mol. The van der Waals surface area contributed by atoms with Crippen molar-refractivity contribution in [3.8, 4) is 11.5 Å². The molecule has 2 aromatic carbocycles.